The average molecular weight is 243 g/mol. The number of carbonyl (C=O) groups excluding carboxylic acids is 2. The van der Waals surface area contributed by atoms with E-state index in [1.807, 2.05) is 13.0 Å². The van der Waals surface area contributed by atoms with E-state index < -0.39 is 0 Å². The van der Waals surface area contributed by atoms with Gasteiger partial charge in [-0.15, -0.1) is 0 Å². The normalized spacial score (nSPS) is 10.1. The molecule has 1 aromatic carbocycles. The van der Waals surface area contributed by atoms with Gasteiger partial charge in [0.1, 0.15) is 6.26 Å². The van der Waals surface area contributed by atoms with Crippen molar-refractivity contribution < 1.29 is 14.0 Å². The first-order valence-corrected chi connectivity index (χ1v) is 5.53. The van der Waals surface area contributed by atoms with Crippen molar-refractivity contribution >= 4 is 17.4 Å². The molecule has 0 fully saturated rings. The predicted molar refractivity (Wildman–Crippen MR) is 67.8 cm³/mol. The van der Waals surface area contributed by atoms with Gasteiger partial charge in [0.15, 0.2) is 5.78 Å². The van der Waals surface area contributed by atoms with Gasteiger partial charge in [-0.2, -0.15) is 0 Å². The molecule has 92 valence electrons. The second-order valence-electron chi connectivity index (χ2n) is 4.02. The summed E-state index contributed by atoms with van der Waals surface area (Å²) in [5, 5.41) is 2.72. The summed E-state index contributed by atoms with van der Waals surface area (Å²) in [6.45, 7) is 3.32. The highest BCUT2D eigenvalue weighted by Crippen LogP contribution is 2.20. The molecular weight excluding hydrogens is 230 g/mol. The van der Waals surface area contributed by atoms with Crippen LogP contribution in [0.5, 0.6) is 0 Å². The smallest absolute Gasteiger partial charge is 0.258 e. The topological polar surface area (TPSA) is 59.3 Å². The lowest BCUT2D eigenvalue weighted by Gasteiger charge is -2.10. The average Bonchev–Trinajstić information content (AvgIpc) is 2.81. The Morgan fingerprint density at radius 1 is 1.22 bits per heavy atom. The number of amides is 1. The summed E-state index contributed by atoms with van der Waals surface area (Å²) in [7, 11) is 0. The van der Waals surface area contributed by atoms with Crippen LogP contribution in [0.15, 0.2) is 41.2 Å². The largest absolute Gasteiger partial charge is 0.472 e. The van der Waals surface area contributed by atoms with Crippen LogP contribution < -0.4 is 5.32 Å². The number of Topliss-reactive ketones (excluding diaryl/α,β-unsaturated/α-hetero) is 1. The van der Waals surface area contributed by atoms with Crippen molar-refractivity contribution in [2.75, 3.05) is 5.32 Å². The summed E-state index contributed by atoms with van der Waals surface area (Å²) < 4.78 is 4.85. The Bertz CT molecular complexity index is 585. The summed E-state index contributed by atoms with van der Waals surface area (Å²) in [5.41, 5.74) is 2.32. The first-order valence-electron chi connectivity index (χ1n) is 5.53. The van der Waals surface area contributed by atoms with E-state index in [9.17, 15) is 9.59 Å². The highest BCUT2D eigenvalue weighted by Gasteiger charge is 2.14. The van der Waals surface area contributed by atoms with Crippen LogP contribution in [-0.2, 0) is 0 Å². The number of aryl methyl sites for hydroxylation is 1. The van der Waals surface area contributed by atoms with E-state index in [0.29, 0.717) is 16.8 Å². The second-order valence-corrected chi connectivity index (χ2v) is 4.02. The van der Waals surface area contributed by atoms with Gasteiger partial charge in [0.2, 0.25) is 0 Å². The molecule has 0 aliphatic rings. The molecule has 0 radical (unpaired) electrons. The lowest BCUT2D eigenvalue weighted by molar-refractivity contribution is 0.101. The fourth-order valence-electron chi connectivity index (χ4n) is 1.83. The fourth-order valence-corrected chi connectivity index (χ4v) is 1.83. The maximum atomic E-state index is 11.9. The van der Waals surface area contributed by atoms with E-state index in [1.165, 1.54) is 19.5 Å². The van der Waals surface area contributed by atoms with E-state index in [0.717, 1.165) is 5.56 Å². The minimum Gasteiger partial charge on any atom is -0.472 e. The maximum Gasteiger partial charge on any atom is 0.258 e. The van der Waals surface area contributed by atoms with Gasteiger partial charge in [-0.3, -0.25) is 9.59 Å². The van der Waals surface area contributed by atoms with E-state index in [4.69, 9.17) is 4.42 Å². The molecule has 4 heteroatoms. The lowest BCUT2D eigenvalue weighted by Crippen LogP contribution is -2.14. The molecule has 0 aliphatic carbocycles. The molecule has 1 aromatic heterocycles. The minimum atomic E-state index is -0.295. The summed E-state index contributed by atoms with van der Waals surface area (Å²) in [6, 6.07) is 6.91. The molecule has 0 saturated carbocycles. The first kappa shape index (κ1) is 12.1. The van der Waals surface area contributed by atoms with Crippen molar-refractivity contribution in [1.29, 1.82) is 0 Å². The number of ketones is 1. The summed E-state index contributed by atoms with van der Waals surface area (Å²) >= 11 is 0. The molecule has 2 rings (SSSR count). The quantitative estimate of drug-likeness (QED) is 0.843. The number of hydrogen-bond donors (Lipinski definition) is 1. The standard InChI is InChI=1S/C14H13NO3/c1-9-4-3-5-12(13(9)10(2)16)15-14(17)11-6-7-18-8-11/h3-8H,1-2H3,(H,15,17). The molecule has 18 heavy (non-hydrogen) atoms. The van der Waals surface area contributed by atoms with Crippen molar-refractivity contribution in [2.45, 2.75) is 13.8 Å². The van der Waals surface area contributed by atoms with Crippen molar-refractivity contribution in [3.05, 3.63) is 53.5 Å². The van der Waals surface area contributed by atoms with Gasteiger partial charge in [-0.25, -0.2) is 0 Å². The van der Waals surface area contributed by atoms with Crippen LogP contribution in [0.1, 0.15) is 33.2 Å². The molecule has 0 saturated heterocycles. The number of benzene rings is 1. The maximum absolute atomic E-state index is 11.9. The first-order chi connectivity index (χ1) is 8.59. The summed E-state index contributed by atoms with van der Waals surface area (Å²) in [6.07, 6.45) is 2.79. The summed E-state index contributed by atoms with van der Waals surface area (Å²) in [4.78, 5) is 23.5. The van der Waals surface area contributed by atoms with Crippen LogP contribution in [0.4, 0.5) is 5.69 Å². The lowest BCUT2D eigenvalue weighted by atomic mass is 10.0. The highest BCUT2D eigenvalue weighted by atomic mass is 16.3. The molecule has 1 amide bonds. The molecule has 4 nitrogen and oxygen atoms in total. The van der Waals surface area contributed by atoms with Crippen LogP contribution in [0.2, 0.25) is 0 Å². The van der Waals surface area contributed by atoms with Gasteiger partial charge >= 0.3 is 0 Å². The minimum absolute atomic E-state index is 0.0735. The molecule has 0 atom stereocenters. The number of nitrogens with one attached hydrogen (secondary N) is 1. The van der Waals surface area contributed by atoms with Gasteiger partial charge in [0.25, 0.3) is 5.91 Å². The monoisotopic (exact) mass is 243 g/mol. The van der Waals surface area contributed by atoms with E-state index in [2.05, 4.69) is 5.32 Å². The molecule has 2 aromatic rings. The van der Waals surface area contributed by atoms with E-state index >= 15 is 0 Å². The Morgan fingerprint density at radius 2 is 2.00 bits per heavy atom. The zero-order valence-electron chi connectivity index (χ0n) is 10.2. The number of hydrogen-bond acceptors (Lipinski definition) is 3. The van der Waals surface area contributed by atoms with Gasteiger partial charge in [-0.05, 0) is 31.5 Å². The fraction of sp³-hybridized carbons (Fsp3) is 0.143. The molecule has 1 heterocycles. The second kappa shape index (κ2) is 4.87. The van der Waals surface area contributed by atoms with Crippen LogP contribution in [0.3, 0.4) is 0 Å². The van der Waals surface area contributed by atoms with E-state index in [1.54, 1.807) is 18.2 Å². The predicted octanol–water partition coefficient (Wildman–Crippen LogP) is 3.04. The van der Waals surface area contributed by atoms with Crippen LogP contribution >= 0.6 is 0 Å². The molecule has 0 bridgehead atoms. The summed E-state index contributed by atoms with van der Waals surface area (Å²) in [5.74, 6) is -0.368. The Labute approximate surface area is 105 Å². The van der Waals surface area contributed by atoms with Gasteiger partial charge in [0.05, 0.1) is 17.5 Å². The SMILES string of the molecule is CC(=O)c1c(C)cccc1NC(=O)c1ccoc1. The van der Waals surface area contributed by atoms with Gasteiger partial charge in [-0.1, -0.05) is 12.1 Å². The van der Waals surface area contributed by atoms with Gasteiger partial charge in [0, 0.05) is 5.56 Å². The Hall–Kier alpha value is -2.36. The van der Waals surface area contributed by atoms with Crippen molar-refractivity contribution in [1.82, 2.24) is 0 Å². The number of furan rings is 1. The van der Waals surface area contributed by atoms with Crippen molar-refractivity contribution in [2.24, 2.45) is 0 Å². The number of rotatable bonds is 3. The van der Waals surface area contributed by atoms with Crippen LogP contribution in [0, 0.1) is 6.92 Å². The highest BCUT2D eigenvalue weighted by molar-refractivity contribution is 6.09. The molecule has 0 aliphatic heterocycles. The third kappa shape index (κ3) is 2.32. The molecule has 1 N–H and O–H groups in total. The molecule has 0 spiro atoms. The van der Waals surface area contributed by atoms with E-state index in [-0.39, 0.29) is 11.7 Å². The Kier molecular flexibility index (Phi) is 3.28. The molecular formula is C14H13NO3. The number of anilines is 1. The zero-order valence-corrected chi connectivity index (χ0v) is 10.2. The molecule has 0 unspecified atom stereocenters. The number of carbonyl (C=O) groups is 2. The Morgan fingerprint density at radius 3 is 2.61 bits per heavy atom. The zero-order chi connectivity index (χ0) is 13.1. The van der Waals surface area contributed by atoms with Crippen molar-refractivity contribution in [3.8, 4) is 0 Å². The van der Waals surface area contributed by atoms with Crippen LogP contribution in [-0.4, -0.2) is 11.7 Å². The third-order valence-electron chi connectivity index (χ3n) is 2.66. The van der Waals surface area contributed by atoms with Crippen molar-refractivity contribution in [3.63, 3.8) is 0 Å². The third-order valence-corrected chi connectivity index (χ3v) is 2.66. The van der Waals surface area contributed by atoms with Crippen LogP contribution in [0.25, 0.3) is 0 Å². The van der Waals surface area contributed by atoms with Gasteiger partial charge < -0.3 is 9.73 Å². The Balaban J connectivity index is 2.32.